The van der Waals surface area contributed by atoms with Crippen LogP contribution < -0.4 is 5.32 Å². The molecule has 5 atom stereocenters. The molecule has 0 aliphatic carbocycles. The van der Waals surface area contributed by atoms with Gasteiger partial charge in [-0.05, 0) is 38.8 Å². The van der Waals surface area contributed by atoms with Gasteiger partial charge in [-0.2, -0.15) is 10.4 Å². The molecule has 1 fully saturated rings. The highest BCUT2D eigenvalue weighted by Gasteiger charge is 2.58. The molecule has 0 radical (unpaired) electrons. The quantitative estimate of drug-likeness (QED) is 0.243. The predicted molar refractivity (Wildman–Crippen MR) is 138 cm³/mol. The van der Waals surface area contributed by atoms with Crippen molar-refractivity contribution in [2.24, 2.45) is 10.9 Å². The average molecular weight is 546 g/mol. The van der Waals surface area contributed by atoms with Crippen LogP contribution in [0.1, 0.15) is 40.3 Å². The normalized spacial score (nSPS) is 24.1. The number of fused-ring (bicyclic) bond motifs is 1. The van der Waals surface area contributed by atoms with Crippen LogP contribution in [0.15, 0.2) is 23.5 Å². The van der Waals surface area contributed by atoms with Crippen LogP contribution in [-0.2, 0) is 24.6 Å². The monoisotopic (exact) mass is 545 g/mol. The van der Waals surface area contributed by atoms with Crippen LogP contribution in [-0.4, -0.2) is 98.8 Å². The van der Waals surface area contributed by atoms with Gasteiger partial charge in [0.05, 0.1) is 12.0 Å². The van der Waals surface area contributed by atoms with Crippen molar-refractivity contribution in [1.29, 1.82) is 5.26 Å². The number of esters is 1. The van der Waals surface area contributed by atoms with E-state index in [4.69, 9.17) is 14.2 Å². The maximum atomic E-state index is 12.8. The molecule has 1 aliphatic rings. The Morgan fingerprint density at radius 1 is 1.36 bits per heavy atom. The van der Waals surface area contributed by atoms with Gasteiger partial charge in [0, 0.05) is 14.1 Å². The average Bonchev–Trinajstić information content (AvgIpc) is 3.39. The predicted octanol–water partition coefficient (Wildman–Crippen LogP) is 0.883. The molecule has 0 spiro atoms. The molecule has 0 bridgehead atoms. The Morgan fingerprint density at radius 3 is 2.64 bits per heavy atom. The maximum absolute atomic E-state index is 12.8. The van der Waals surface area contributed by atoms with E-state index >= 15 is 0 Å². The second kappa shape index (κ2) is 11.5. The number of ether oxygens (including phenoxy) is 3. The molecule has 1 saturated heterocycles. The molecule has 1 aliphatic heterocycles. The van der Waals surface area contributed by atoms with E-state index in [1.807, 2.05) is 6.07 Å². The summed E-state index contributed by atoms with van der Waals surface area (Å²) in [6.45, 7) is 8.02. The van der Waals surface area contributed by atoms with Gasteiger partial charge in [0.15, 0.2) is 5.82 Å². The van der Waals surface area contributed by atoms with E-state index in [9.17, 15) is 25.1 Å². The van der Waals surface area contributed by atoms with Crippen molar-refractivity contribution in [3.63, 3.8) is 0 Å². The number of rotatable bonds is 8. The van der Waals surface area contributed by atoms with Crippen molar-refractivity contribution in [2.75, 3.05) is 20.7 Å². The van der Waals surface area contributed by atoms with Gasteiger partial charge in [-0.15, -0.1) is 0 Å². The third-order valence-electron chi connectivity index (χ3n) is 5.83. The Bertz CT molecular complexity index is 1260. The van der Waals surface area contributed by atoms with Gasteiger partial charge in [-0.3, -0.25) is 0 Å². The van der Waals surface area contributed by atoms with Crippen molar-refractivity contribution in [2.45, 2.75) is 70.2 Å². The van der Waals surface area contributed by atoms with Crippen molar-refractivity contribution in [1.82, 2.24) is 24.8 Å². The fraction of sp³-hybridized carbons (Fsp3) is 0.600. The minimum absolute atomic E-state index is 0.135. The van der Waals surface area contributed by atoms with Gasteiger partial charge in [-0.25, -0.2) is 24.1 Å². The minimum Gasteiger partial charge on any atom is -0.461 e. The van der Waals surface area contributed by atoms with Crippen molar-refractivity contribution < 1.29 is 34.0 Å². The van der Waals surface area contributed by atoms with Crippen LogP contribution in [0.3, 0.4) is 0 Å². The summed E-state index contributed by atoms with van der Waals surface area (Å²) in [7, 11) is 3.59. The van der Waals surface area contributed by atoms with Gasteiger partial charge in [0.2, 0.25) is 5.60 Å². The molecule has 14 nitrogen and oxygen atoms in total. The van der Waals surface area contributed by atoms with Gasteiger partial charge in [0.25, 0.3) is 0 Å². The van der Waals surface area contributed by atoms with Crippen LogP contribution in [0.25, 0.3) is 5.52 Å². The smallest absolute Gasteiger partial charge is 0.408 e. The zero-order valence-corrected chi connectivity index (χ0v) is 23.0. The SMILES string of the molecule is CC(C)[C@H](NC(=O)OC(C)(C)C)C(=O)OC[C@H]1O[C@@](C#N)(c2ccc3c(N=CN(C)C)ncnn23)[C@H](O)[C@@H]1O. The molecule has 2 aromatic heterocycles. The van der Waals surface area contributed by atoms with Crippen molar-refractivity contribution in [3.05, 3.63) is 24.2 Å². The Hall–Kier alpha value is -3.80. The summed E-state index contributed by atoms with van der Waals surface area (Å²) in [5.41, 5.74) is -2.22. The standard InChI is InChI=1S/C25H35N7O7/c1-14(2)18(30-23(36)39-24(3,4)5)22(35)37-10-16-19(33)20(34)25(11-26,38-16)17-9-8-15-21(28-13-31(6)7)27-12-29-32(15)17/h8-9,12-14,16,18-20,33-34H,10H2,1-7H3,(H,30,36)/t16-,18+,19-,20-,25+/m1/s1. The number of alkyl carbamates (subject to hydrolysis) is 1. The lowest BCUT2D eigenvalue weighted by Gasteiger charge is -2.25. The molecule has 3 rings (SSSR count). The lowest BCUT2D eigenvalue weighted by atomic mass is 9.92. The van der Waals surface area contributed by atoms with Crippen LogP contribution in [0.5, 0.6) is 0 Å². The number of aromatic nitrogens is 3. The van der Waals surface area contributed by atoms with E-state index in [2.05, 4.69) is 20.4 Å². The van der Waals surface area contributed by atoms with E-state index in [0.717, 1.165) is 0 Å². The topological polar surface area (TPSA) is 184 Å². The number of aliphatic hydroxyl groups is 2. The first-order valence-electron chi connectivity index (χ1n) is 12.4. The molecule has 3 N–H and O–H groups in total. The Labute approximate surface area is 226 Å². The van der Waals surface area contributed by atoms with E-state index in [0.29, 0.717) is 11.3 Å². The van der Waals surface area contributed by atoms with E-state index < -0.39 is 54.2 Å². The third-order valence-corrected chi connectivity index (χ3v) is 5.83. The number of nitriles is 1. The molecular weight excluding hydrogens is 510 g/mol. The number of aliphatic imine (C=N–C) groups is 1. The molecule has 1 amide bonds. The second-order valence-corrected chi connectivity index (χ2v) is 10.7. The molecule has 0 aromatic carbocycles. The number of amides is 1. The molecular formula is C25H35N7O7. The Balaban J connectivity index is 1.80. The van der Waals surface area contributed by atoms with Crippen LogP contribution in [0.2, 0.25) is 0 Å². The number of nitrogens with one attached hydrogen (secondary N) is 1. The van der Waals surface area contributed by atoms with E-state index in [1.165, 1.54) is 16.9 Å². The van der Waals surface area contributed by atoms with Gasteiger partial charge >= 0.3 is 12.1 Å². The highest BCUT2D eigenvalue weighted by atomic mass is 16.6. The van der Waals surface area contributed by atoms with Gasteiger partial charge in [0.1, 0.15) is 54.5 Å². The van der Waals surface area contributed by atoms with E-state index in [1.54, 1.807) is 66.0 Å². The van der Waals surface area contributed by atoms with Crippen LogP contribution in [0, 0.1) is 17.2 Å². The summed E-state index contributed by atoms with van der Waals surface area (Å²) in [6.07, 6.45) is -2.53. The Morgan fingerprint density at radius 2 is 2.05 bits per heavy atom. The van der Waals surface area contributed by atoms with Crippen molar-refractivity contribution >= 4 is 29.7 Å². The molecule has 3 heterocycles. The molecule has 14 heteroatoms. The summed E-state index contributed by atoms with van der Waals surface area (Å²) in [5, 5.41) is 38.5. The number of hydrogen-bond donors (Lipinski definition) is 3. The van der Waals surface area contributed by atoms with Gasteiger partial charge < -0.3 is 34.6 Å². The van der Waals surface area contributed by atoms with E-state index in [-0.39, 0.29) is 11.6 Å². The number of nitrogens with zero attached hydrogens (tertiary/aromatic N) is 6. The molecule has 0 saturated carbocycles. The highest BCUT2D eigenvalue weighted by Crippen LogP contribution is 2.40. The summed E-state index contributed by atoms with van der Waals surface area (Å²) >= 11 is 0. The largest absolute Gasteiger partial charge is 0.461 e. The fourth-order valence-electron chi connectivity index (χ4n) is 3.97. The number of aliphatic hydroxyl groups excluding tert-OH is 2. The first kappa shape index (κ1) is 29.8. The van der Waals surface area contributed by atoms with Crippen molar-refractivity contribution in [3.8, 4) is 6.07 Å². The lowest BCUT2D eigenvalue weighted by Crippen LogP contribution is -2.48. The molecule has 39 heavy (non-hydrogen) atoms. The second-order valence-electron chi connectivity index (χ2n) is 10.7. The maximum Gasteiger partial charge on any atom is 0.408 e. The summed E-state index contributed by atoms with van der Waals surface area (Å²) in [5.74, 6) is -0.826. The van der Waals surface area contributed by atoms with Gasteiger partial charge in [-0.1, -0.05) is 13.8 Å². The fourth-order valence-corrected chi connectivity index (χ4v) is 3.97. The number of carbonyl (C=O) groups excluding carboxylic acids is 2. The summed E-state index contributed by atoms with van der Waals surface area (Å²) < 4.78 is 17.8. The summed E-state index contributed by atoms with van der Waals surface area (Å²) in [4.78, 5) is 35.2. The number of hydrogen-bond acceptors (Lipinski definition) is 11. The van der Waals surface area contributed by atoms with Crippen LogP contribution in [0.4, 0.5) is 10.6 Å². The molecule has 0 unspecified atom stereocenters. The third kappa shape index (κ3) is 6.44. The highest BCUT2D eigenvalue weighted by molar-refractivity contribution is 5.81. The first-order valence-corrected chi connectivity index (χ1v) is 12.4. The summed E-state index contributed by atoms with van der Waals surface area (Å²) in [6, 6.07) is 4.04. The molecule has 212 valence electrons. The minimum atomic E-state index is -2.04. The first-order chi connectivity index (χ1) is 18.2. The molecule has 2 aromatic rings. The zero-order valence-electron chi connectivity index (χ0n) is 23.0. The lowest BCUT2D eigenvalue weighted by molar-refractivity contribution is -0.154. The zero-order chi connectivity index (χ0) is 29.1. The Kier molecular flexibility index (Phi) is 8.79. The number of carbonyl (C=O) groups is 2. The van der Waals surface area contributed by atoms with Crippen LogP contribution >= 0.6 is 0 Å².